The van der Waals surface area contributed by atoms with Crippen molar-refractivity contribution in [3.8, 4) is 0 Å². The van der Waals surface area contributed by atoms with Crippen LogP contribution in [0, 0.1) is 11.3 Å². The molecule has 2 fully saturated rings. The Balaban J connectivity index is 1.93. The fourth-order valence-electron chi connectivity index (χ4n) is 2.67. The van der Waals surface area contributed by atoms with E-state index in [2.05, 4.69) is 19.2 Å². The molecular formula is C12H20N2O2. The van der Waals surface area contributed by atoms with Crippen molar-refractivity contribution >= 4 is 11.8 Å². The van der Waals surface area contributed by atoms with E-state index in [1.807, 2.05) is 4.90 Å². The van der Waals surface area contributed by atoms with Crippen molar-refractivity contribution in [3.05, 3.63) is 0 Å². The van der Waals surface area contributed by atoms with Crippen LogP contribution in [0.1, 0.15) is 33.1 Å². The van der Waals surface area contributed by atoms with Crippen molar-refractivity contribution in [3.63, 3.8) is 0 Å². The molecule has 2 saturated heterocycles. The van der Waals surface area contributed by atoms with Crippen molar-refractivity contribution in [1.29, 1.82) is 0 Å². The van der Waals surface area contributed by atoms with E-state index in [-0.39, 0.29) is 17.2 Å². The summed E-state index contributed by atoms with van der Waals surface area (Å²) in [4.78, 5) is 25.1. The van der Waals surface area contributed by atoms with E-state index < -0.39 is 0 Å². The largest absolute Gasteiger partial charge is 0.355 e. The van der Waals surface area contributed by atoms with E-state index in [9.17, 15) is 9.59 Å². The maximum Gasteiger partial charge on any atom is 0.222 e. The van der Waals surface area contributed by atoms with E-state index in [0.717, 1.165) is 26.1 Å². The highest BCUT2D eigenvalue weighted by Gasteiger charge is 2.44. The SMILES string of the molecule is CC(C)CC(=O)N1CCC2(CNC(=O)C2)C1. The van der Waals surface area contributed by atoms with Gasteiger partial charge in [-0.15, -0.1) is 0 Å². The number of carbonyl (C=O) groups is 2. The molecule has 0 aromatic carbocycles. The van der Waals surface area contributed by atoms with Gasteiger partial charge in [-0.05, 0) is 12.3 Å². The molecule has 0 radical (unpaired) electrons. The van der Waals surface area contributed by atoms with Gasteiger partial charge in [-0.1, -0.05) is 13.8 Å². The molecule has 4 nitrogen and oxygen atoms in total. The Bertz CT molecular complexity index is 314. The Morgan fingerprint density at radius 1 is 1.56 bits per heavy atom. The Kier molecular flexibility index (Phi) is 2.91. The van der Waals surface area contributed by atoms with Crippen LogP contribution in [0.5, 0.6) is 0 Å². The molecule has 0 saturated carbocycles. The summed E-state index contributed by atoms with van der Waals surface area (Å²) >= 11 is 0. The van der Waals surface area contributed by atoms with Crippen LogP contribution in [-0.4, -0.2) is 36.3 Å². The van der Waals surface area contributed by atoms with Gasteiger partial charge < -0.3 is 10.2 Å². The van der Waals surface area contributed by atoms with Gasteiger partial charge in [-0.25, -0.2) is 0 Å². The van der Waals surface area contributed by atoms with Crippen molar-refractivity contribution in [2.75, 3.05) is 19.6 Å². The van der Waals surface area contributed by atoms with Crippen LogP contribution in [0.25, 0.3) is 0 Å². The average Bonchev–Trinajstić information content (AvgIpc) is 2.74. The molecule has 2 aliphatic heterocycles. The van der Waals surface area contributed by atoms with E-state index in [1.165, 1.54) is 0 Å². The lowest BCUT2D eigenvalue weighted by Crippen LogP contribution is -2.33. The molecule has 1 unspecified atom stereocenters. The third kappa shape index (κ3) is 2.20. The van der Waals surface area contributed by atoms with Crippen LogP contribution < -0.4 is 5.32 Å². The van der Waals surface area contributed by atoms with Crippen LogP contribution in [0.4, 0.5) is 0 Å². The predicted octanol–water partition coefficient (Wildman–Crippen LogP) is 0.771. The monoisotopic (exact) mass is 224 g/mol. The zero-order chi connectivity index (χ0) is 11.8. The third-order valence-electron chi connectivity index (χ3n) is 3.57. The van der Waals surface area contributed by atoms with Gasteiger partial charge >= 0.3 is 0 Å². The lowest BCUT2D eigenvalue weighted by molar-refractivity contribution is -0.131. The summed E-state index contributed by atoms with van der Waals surface area (Å²) in [5.74, 6) is 0.789. The second-order valence-electron chi connectivity index (χ2n) is 5.62. The van der Waals surface area contributed by atoms with Crippen LogP contribution in [-0.2, 0) is 9.59 Å². The molecule has 2 aliphatic rings. The number of hydrogen-bond acceptors (Lipinski definition) is 2. The van der Waals surface area contributed by atoms with Gasteiger partial charge in [0.25, 0.3) is 0 Å². The van der Waals surface area contributed by atoms with Gasteiger partial charge in [0.05, 0.1) is 0 Å². The first-order valence-electron chi connectivity index (χ1n) is 6.05. The number of carbonyl (C=O) groups excluding carboxylic acids is 2. The number of amides is 2. The van der Waals surface area contributed by atoms with E-state index in [4.69, 9.17) is 0 Å². The minimum Gasteiger partial charge on any atom is -0.355 e. The number of nitrogens with zero attached hydrogens (tertiary/aromatic N) is 1. The molecule has 0 bridgehead atoms. The molecular weight excluding hydrogens is 204 g/mol. The van der Waals surface area contributed by atoms with Crippen LogP contribution >= 0.6 is 0 Å². The molecule has 2 rings (SSSR count). The maximum atomic E-state index is 11.9. The number of nitrogens with one attached hydrogen (secondary N) is 1. The molecule has 0 aromatic heterocycles. The molecule has 1 atom stereocenters. The highest BCUT2D eigenvalue weighted by Crippen LogP contribution is 2.36. The van der Waals surface area contributed by atoms with Crippen molar-refractivity contribution in [2.24, 2.45) is 11.3 Å². The summed E-state index contributed by atoms with van der Waals surface area (Å²) in [6.45, 7) is 6.45. The lowest BCUT2D eigenvalue weighted by Gasteiger charge is -2.22. The van der Waals surface area contributed by atoms with E-state index in [1.54, 1.807) is 0 Å². The number of likely N-dealkylation sites (tertiary alicyclic amines) is 1. The normalized spacial score (nSPS) is 29.2. The predicted molar refractivity (Wildman–Crippen MR) is 60.7 cm³/mol. The standard InChI is InChI=1S/C12H20N2O2/c1-9(2)5-11(16)14-4-3-12(8-14)6-10(15)13-7-12/h9H,3-8H2,1-2H3,(H,13,15). The molecule has 16 heavy (non-hydrogen) atoms. The Morgan fingerprint density at radius 2 is 2.31 bits per heavy atom. The van der Waals surface area contributed by atoms with Gasteiger partial charge in [0.1, 0.15) is 0 Å². The first-order valence-corrected chi connectivity index (χ1v) is 6.05. The van der Waals surface area contributed by atoms with Crippen LogP contribution in [0.2, 0.25) is 0 Å². The number of hydrogen-bond donors (Lipinski definition) is 1. The Hall–Kier alpha value is -1.06. The average molecular weight is 224 g/mol. The zero-order valence-electron chi connectivity index (χ0n) is 10.1. The summed E-state index contributed by atoms with van der Waals surface area (Å²) in [7, 11) is 0. The quantitative estimate of drug-likeness (QED) is 0.753. The Labute approximate surface area is 96.4 Å². The van der Waals surface area contributed by atoms with E-state index >= 15 is 0 Å². The molecule has 2 amide bonds. The first kappa shape index (κ1) is 11.4. The van der Waals surface area contributed by atoms with E-state index in [0.29, 0.717) is 18.8 Å². The van der Waals surface area contributed by atoms with Crippen LogP contribution in [0.3, 0.4) is 0 Å². The van der Waals surface area contributed by atoms with Crippen LogP contribution in [0.15, 0.2) is 0 Å². The maximum absolute atomic E-state index is 11.9. The summed E-state index contributed by atoms with van der Waals surface area (Å²) in [5.41, 5.74) is 0.0454. The number of rotatable bonds is 2. The summed E-state index contributed by atoms with van der Waals surface area (Å²) in [6.07, 6.45) is 2.19. The topological polar surface area (TPSA) is 49.4 Å². The van der Waals surface area contributed by atoms with Gasteiger partial charge in [0.15, 0.2) is 0 Å². The highest BCUT2D eigenvalue weighted by atomic mass is 16.2. The minimum atomic E-state index is 0.0454. The molecule has 1 spiro atoms. The third-order valence-corrected chi connectivity index (χ3v) is 3.57. The highest BCUT2D eigenvalue weighted by molar-refractivity contribution is 5.80. The molecule has 0 aliphatic carbocycles. The Morgan fingerprint density at radius 3 is 2.88 bits per heavy atom. The fourth-order valence-corrected chi connectivity index (χ4v) is 2.67. The van der Waals surface area contributed by atoms with Gasteiger partial charge in [-0.3, -0.25) is 9.59 Å². The van der Waals surface area contributed by atoms with Crippen molar-refractivity contribution in [2.45, 2.75) is 33.1 Å². The molecule has 0 aromatic rings. The second-order valence-corrected chi connectivity index (χ2v) is 5.62. The lowest BCUT2D eigenvalue weighted by atomic mass is 9.86. The fraction of sp³-hybridized carbons (Fsp3) is 0.833. The molecule has 90 valence electrons. The zero-order valence-corrected chi connectivity index (χ0v) is 10.1. The van der Waals surface area contributed by atoms with Gasteiger partial charge in [-0.2, -0.15) is 0 Å². The summed E-state index contributed by atoms with van der Waals surface area (Å²) in [6, 6.07) is 0. The van der Waals surface area contributed by atoms with Gasteiger partial charge in [0.2, 0.25) is 11.8 Å². The minimum absolute atomic E-state index is 0.0454. The first-order chi connectivity index (χ1) is 7.51. The second kappa shape index (κ2) is 4.07. The molecule has 2 heterocycles. The van der Waals surface area contributed by atoms with Gasteiger partial charge in [0, 0.05) is 37.9 Å². The smallest absolute Gasteiger partial charge is 0.222 e. The van der Waals surface area contributed by atoms with Crippen molar-refractivity contribution in [1.82, 2.24) is 10.2 Å². The molecule has 4 heteroatoms. The van der Waals surface area contributed by atoms with Crippen molar-refractivity contribution < 1.29 is 9.59 Å². The summed E-state index contributed by atoms with van der Waals surface area (Å²) < 4.78 is 0. The summed E-state index contributed by atoms with van der Waals surface area (Å²) in [5, 5.41) is 2.88. The molecule has 1 N–H and O–H groups in total.